The first-order valence-electron chi connectivity index (χ1n) is 17.9. The average molecular weight is 676 g/mol. The molecule has 3 amide bonds. The van der Waals surface area contributed by atoms with E-state index in [-0.39, 0.29) is 30.2 Å². The Bertz CT molecular complexity index is 1510. The van der Waals surface area contributed by atoms with Crippen molar-refractivity contribution in [3.63, 3.8) is 0 Å². The van der Waals surface area contributed by atoms with Gasteiger partial charge in [-0.2, -0.15) is 0 Å². The molecule has 4 atom stereocenters. The molecule has 1 N–H and O–H groups in total. The smallest absolute Gasteiger partial charge is 0.329 e. The molecule has 0 spiro atoms. The zero-order chi connectivity index (χ0) is 34.3. The number of carbonyl (C=O) groups is 4. The van der Waals surface area contributed by atoms with Crippen LogP contribution < -0.4 is 19.5 Å². The Kier molecular flexibility index (Phi) is 11.3. The predicted molar refractivity (Wildman–Crippen MR) is 181 cm³/mol. The van der Waals surface area contributed by atoms with Gasteiger partial charge in [-0.15, -0.1) is 0 Å². The van der Waals surface area contributed by atoms with Crippen molar-refractivity contribution in [3.8, 4) is 17.2 Å². The van der Waals surface area contributed by atoms with Gasteiger partial charge < -0.3 is 34.1 Å². The number of esters is 1. The minimum Gasteiger partial charge on any atom is -0.493 e. The van der Waals surface area contributed by atoms with E-state index in [1.54, 1.807) is 36.2 Å². The summed E-state index contributed by atoms with van der Waals surface area (Å²) in [7, 11) is 3.18. The first-order valence-corrected chi connectivity index (χ1v) is 17.9. The largest absolute Gasteiger partial charge is 0.493 e. The Morgan fingerprint density at radius 1 is 0.796 bits per heavy atom. The lowest BCUT2D eigenvalue weighted by Gasteiger charge is -2.40. The molecule has 3 heterocycles. The number of hydrogen-bond donors (Lipinski definition) is 1. The Morgan fingerprint density at radius 3 is 2.35 bits per heavy atom. The van der Waals surface area contributed by atoms with E-state index in [0.29, 0.717) is 62.4 Å². The zero-order valence-corrected chi connectivity index (χ0v) is 28.7. The molecule has 0 radical (unpaired) electrons. The van der Waals surface area contributed by atoms with Gasteiger partial charge in [0.05, 0.1) is 14.2 Å². The van der Waals surface area contributed by atoms with Gasteiger partial charge in [0, 0.05) is 13.1 Å². The third-order valence-electron chi connectivity index (χ3n) is 10.6. The summed E-state index contributed by atoms with van der Waals surface area (Å²) in [6, 6.07) is 10.8. The fraction of sp³-hybridized carbons (Fsp3) is 0.579. The van der Waals surface area contributed by atoms with Gasteiger partial charge in [-0.1, -0.05) is 37.5 Å². The second-order valence-electron chi connectivity index (χ2n) is 13.7. The molecule has 4 aliphatic rings. The summed E-state index contributed by atoms with van der Waals surface area (Å²) >= 11 is 0. The molecule has 2 saturated heterocycles. The van der Waals surface area contributed by atoms with Crippen LogP contribution in [0.1, 0.15) is 87.9 Å². The van der Waals surface area contributed by atoms with Crippen LogP contribution in [0.4, 0.5) is 0 Å². The minimum atomic E-state index is -0.762. The Labute approximate surface area is 288 Å². The summed E-state index contributed by atoms with van der Waals surface area (Å²) < 4.78 is 23.2. The maximum Gasteiger partial charge on any atom is 0.329 e. The molecule has 0 aromatic heterocycles. The third-order valence-corrected chi connectivity index (χ3v) is 10.6. The Hall–Kier alpha value is -4.28. The van der Waals surface area contributed by atoms with Crippen molar-refractivity contribution >= 4 is 23.7 Å². The van der Waals surface area contributed by atoms with Gasteiger partial charge in [0.2, 0.25) is 11.8 Å². The molecule has 1 aliphatic carbocycles. The van der Waals surface area contributed by atoms with Crippen LogP contribution in [0, 0.1) is 5.92 Å². The number of cyclic esters (lactones) is 1. The van der Waals surface area contributed by atoms with Gasteiger partial charge in [0.15, 0.2) is 18.1 Å². The number of hydrogen-bond acceptors (Lipinski definition) is 8. The van der Waals surface area contributed by atoms with Gasteiger partial charge in [-0.3, -0.25) is 14.4 Å². The summed E-state index contributed by atoms with van der Waals surface area (Å²) in [5.41, 5.74) is 1.71. The molecule has 3 aliphatic heterocycles. The van der Waals surface area contributed by atoms with Crippen molar-refractivity contribution in [3.05, 3.63) is 53.6 Å². The highest BCUT2D eigenvalue weighted by atomic mass is 16.5. The van der Waals surface area contributed by atoms with E-state index in [2.05, 4.69) is 5.32 Å². The van der Waals surface area contributed by atoms with Gasteiger partial charge >= 0.3 is 5.97 Å². The van der Waals surface area contributed by atoms with Gasteiger partial charge in [0.1, 0.15) is 30.0 Å². The number of fused-ring (bicyclic) bond motifs is 4. The van der Waals surface area contributed by atoms with Crippen LogP contribution in [0.5, 0.6) is 17.2 Å². The van der Waals surface area contributed by atoms with Crippen molar-refractivity contribution in [2.24, 2.45) is 5.92 Å². The maximum atomic E-state index is 14.5. The van der Waals surface area contributed by atoms with E-state index in [9.17, 15) is 19.2 Å². The normalized spacial score (nSPS) is 25.8. The van der Waals surface area contributed by atoms with Crippen molar-refractivity contribution in [2.75, 3.05) is 33.9 Å². The van der Waals surface area contributed by atoms with Gasteiger partial charge in [-0.25, -0.2) is 4.79 Å². The SMILES string of the molecule is COc1ccc(CC[C@H]2OC(=O)[C@@H]3CCCCN3C(=O)[C@@H](C3CCCCC3)NC(=O)[C@@H]3CCCN3C(=O)COc3cccc2c3)cc1OC. The zero-order valence-electron chi connectivity index (χ0n) is 28.7. The van der Waals surface area contributed by atoms with E-state index in [4.69, 9.17) is 18.9 Å². The molecule has 49 heavy (non-hydrogen) atoms. The lowest BCUT2D eigenvalue weighted by molar-refractivity contribution is -0.163. The molecule has 264 valence electrons. The van der Waals surface area contributed by atoms with E-state index in [1.807, 2.05) is 30.3 Å². The number of aryl methyl sites for hydroxylation is 1. The molecule has 2 bridgehead atoms. The fourth-order valence-corrected chi connectivity index (χ4v) is 7.93. The number of methoxy groups -OCH3 is 2. The van der Waals surface area contributed by atoms with E-state index >= 15 is 0 Å². The van der Waals surface area contributed by atoms with Crippen molar-refractivity contribution in [1.82, 2.24) is 15.1 Å². The first kappa shape index (κ1) is 34.6. The van der Waals surface area contributed by atoms with Gasteiger partial charge in [-0.05, 0) is 99.1 Å². The lowest BCUT2D eigenvalue weighted by Crippen LogP contribution is -2.60. The second-order valence-corrected chi connectivity index (χ2v) is 13.7. The fourth-order valence-electron chi connectivity index (χ4n) is 7.93. The van der Waals surface area contributed by atoms with Crippen LogP contribution in [0.3, 0.4) is 0 Å². The van der Waals surface area contributed by atoms with E-state index < -0.39 is 30.2 Å². The maximum absolute atomic E-state index is 14.5. The third kappa shape index (κ3) is 7.97. The number of piperidine rings is 1. The highest BCUT2D eigenvalue weighted by Gasteiger charge is 2.43. The number of nitrogens with one attached hydrogen (secondary N) is 1. The predicted octanol–water partition coefficient (Wildman–Crippen LogP) is 4.75. The second kappa shape index (κ2) is 16.0. The van der Waals surface area contributed by atoms with Crippen LogP contribution in [0.15, 0.2) is 42.5 Å². The first-order chi connectivity index (χ1) is 23.9. The topological polar surface area (TPSA) is 124 Å². The quantitative estimate of drug-likeness (QED) is 0.436. The molecular formula is C38H49N3O8. The van der Waals surface area contributed by atoms with Crippen molar-refractivity contribution in [2.45, 2.75) is 101 Å². The molecule has 6 rings (SSSR count). The number of benzene rings is 2. The monoisotopic (exact) mass is 675 g/mol. The van der Waals surface area contributed by atoms with Crippen molar-refractivity contribution < 1.29 is 38.1 Å². The molecule has 3 fully saturated rings. The average Bonchev–Trinajstić information content (AvgIpc) is 3.65. The minimum absolute atomic E-state index is 0.0320. The van der Waals surface area contributed by atoms with Crippen LogP contribution in [-0.4, -0.2) is 85.5 Å². The molecule has 11 nitrogen and oxygen atoms in total. The summed E-state index contributed by atoms with van der Waals surface area (Å²) in [6.07, 6.45) is 8.39. The Balaban J connectivity index is 1.33. The lowest BCUT2D eigenvalue weighted by atomic mass is 9.82. The molecule has 11 heteroatoms. The molecule has 1 saturated carbocycles. The number of amides is 3. The molecule has 2 aromatic carbocycles. The molecule has 2 aromatic rings. The van der Waals surface area contributed by atoms with Crippen LogP contribution in [0.25, 0.3) is 0 Å². The van der Waals surface area contributed by atoms with Gasteiger partial charge in [0.25, 0.3) is 5.91 Å². The summed E-state index contributed by atoms with van der Waals surface area (Å²) in [5.74, 6) is 0.406. The molecular weight excluding hydrogens is 626 g/mol. The van der Waals surface area contributed by atoms with E-state index in [1.165, 1.54) is 0 Å². The molecule has 0 unspecified atom stereocenters. The summed E-state index contributed by atoms with van der Waals surface area (Å²) in [6.45, 7) is 0.645. The summed E-state index contributed by atoms with van der Waals surface area (Å²) in [4.78, 5) is 59.2. The highest BCUT2D eigenvalue weighted by molar-refractivity contribution is 5.94. The highest BCUT2D eigenvalue weighted by Crippen LogP contribution is 2.34. The van der Waals surface area contributed by atoms with E-state index in [0.717, 1.165) is 56.1 Å². The number of ether oxygens (including phenoxy) is 4. The number of rotatable bonds is 6. The standard InChI is InChI=1S/C38H49N3O8/c1-46-32-19-17-25(22-33(32)47-2)16-18-31-27-12-8-13-28(23-27)48-24-34(42)40-21-9-15-29(40)36(43)39-35(26-10-4-3-5-11-26)37(44)41-20-7-6-14-30(41)38(45)49-31/h8,12-13,17,19,22-23,26,29-31,35H,3-7,9-11,14-16,18,20-21,24H2,1-2H3,(H,39,43)/t29-,30-,31+,35+/m0/s1. The number of carbonyl (C=O) groups excluding carboxylic acids is 4. The van der Waals surface area contributed by atoms with Crippen LogP contribution in [0.2, 0.25) is 0 Å². The van der Waals surface area contributed by atoms with Crippen molar-refractivity contribution in [1.29, 1.82) is 0 Å². The Morgan fingerprint density at radius 2 is 1.55 bits per heavy atom. The number of nitrogens with zero attached hydrogens (tertiary/aromatic N) is 2. The summed E-state index contributed by atoms with van der Waals surface area (Å²) in [5, 5.41) is 3.10. The van der Waals surface area contributed by atoms with Crippen LogP contribution >= 0.6 is 0 Å². The van der Waals surface area contributed by atoms with Crippen LogP contribution in [-0.2, 0) is 30.3 Å².